The Morgan fingerprint density at radius 1 is 1.23 bits per heavy atom. The van der Waals surface area contributed by atoms with Crippen molar-refractivity contribution in [3.8, 4) is 11.8 Å². The minimum absolute atomic E-state index is 0.114. The molecular weight excluding hydrogens is 388 g/mol. The van der Waals surface area contributed by atoms with Gasteiger partial charge in [0.25, 0.3) is 0 Å². The van der Waals surface area contributed by atoms with Crippen LogP contribution in [-0.4, -0.2) is 32.1 Å². The van der Waals surface area contributed by atoms with Crippen molar-refractivity contribution in [3.05, 3.63) is 48.0 Å². The number of hydrogen-bond donors (Lipinski definition) is 2. The van der Waals surface area contributed by atoms with Crippen LogP contribution in [0.1, 0.15) is 39.2 Å². The summed E-state index contributed by atoms with van der Waals surface area (Å²) in [7, 11) is 0. The second-order valence-corrected chi connectivity index (χ2v) is 8.49. The standard InChI is InChI=1S/C25H32N4O2/c1-4-19-11-12-29(16-19)23-8-5-21(6-9-23)28-25(30)15-27-22-7-10-24(20(13-22)14-26)31-17-18(2)3/h5-10,13,18-19,27H,4,11-12,15-17H2,1-3H3,(H,28,30). The summed E-state index contributed by atoms with van der Waals surface area (Å²) in [6.45, 7) is 9.24. The first-order valence-corrected chi connectivity index (χ1v) is 11.0. The molecule has 6 heteroatoms. The molecule has 6 nitrogen and oxygen atoms in total. The van der Waals surface area contributed by atoms with Crippen LogP contribution in [0.5, 0.6) is 5.75 Å². The predicted octanol–water partition coefficient (Wildman–Crippen LogP) is 4.88. The van der Waals surface area contributed by atoms with Crippen LogP contribution in [0.3, 0.4) is 0 Å². The van der Waals surface area contributed by atoms with Gasteiger partial charge in [0.05, 0.1) is 18.7 Å². The first kappa shape index (κ1) is 22.5. The van der Waals surface area contributed by atoms with E-state index in [1.165, 1.54) is 18.5 Å². The Bertz CT molecular complexity index is 918. The van der Waals surface area contributed by atoms with Gasteiger partial charge in [-0.3, -0.25) is 4.79 Å². The molecule has 1 saturated heterocycles. The van der Waals surface area contributed by atoms with Crippen LogP contribution in [-0.2, 0) is 4.79 Å². The minimum Gasteiger partial charge on any atom is -0.492 e. The van der Waals surface area contributed by atoms with E-state index in [4.69, 9.17) is 4.74 Å². The molecule has 0 aromatic heterocycles. The molecule has 1 fully saturated rings. The van der Waals surface area contributed by atoms with Crippen LogP contribution in [0.4, 0.5) is 17.1 Å². The van der Waals surface area contributed by atoms with Crippen LogP contribution in [0, 0.1) is 23.2 Å². The summed E-state index contributed by atoms with van der Waals surface area (Å²) < 4.78 is 5.67. The number of benzene rings is 2. The Morgan fingerprint density at radius 2 is 1.97 bits per heavy atom. The molecule has 0 bridgehead atoms. The summed E-state index contributed by atoms with van der Waals surface area (Å²) in [5.74, 6) is 1.58. The van der Waals surface area contributed by atoms with E-state index in [-0.39, 0.29) is 12.5 Å². The lowest BCUT2D eigenvalue weighted by molar-refractivity contribution is -0.114. The third-order valence-corrected chi connectivity index (χ3v) is 5.50. The highest BCUT2D eigenvalue weighted by molar-refractivity contribution is 5.94. The number of nitrogens with zero attached hydrogens (tertiary/aromatic N) is 2. The molecule has 31 heavy (non-hydrogen) atoms. The van der Waals surface area contributed by atoms with Gasteiger partial charge in [0.1, 0.15) is 11.8 Å². The fourth-order valence-electron chi connectivity index (χ4n) is 3.65. The van der Waals surface area contributed by atoms with Gasteiger partial charge in [-0.2, -0.15) is 5.26 Å². The maximum absolute atomic E-state index is 12.3. The number of nitriles is 1. The van der Waals surface area contributed by atoms with Gasteiger partial charge in [0.15, 0.2) is 0 Å². The van der Waals surface area contributed by atoms with Crippen molar-refractivity contribution in [1.29, 1.82) is 5.26 Å². The molecule has 0 radical (unpaired) electrons. The summed E-state index contributed by atoms with van der Waals surface area (Å²) in [5, 5.41) is 15.4. The zero-order chi connectivity index (χ0) is 22.2. The Labute approximate surface area is 185 Å². The second kappa shape index (κ2) is 10.7. The lowest BCUT2D eigenvalue weighted by Gasteiger charge is -2.19. The van der Waals surface area contributed by atoms with Gasteiger partial charge in [-0.05, 0) is 60.7 Å². The molecule has 0 spiro atoms. The van der Waals surface area contributed by atoms with Crippen LogP contribution in [0.25, 0.3) is 0 Å². The number of amides is 1. The Balaban J connectivity index is 1.50. The number of nitrogens with one attached hydrogen (secondary N) is 2. The van der Waals surface area contributed by atoms with E-state index in [0.29, 0.717) is 29.5 Å². The number of carbonyl (C=O) groups excluding carboxylic acids is 1. The lowest BCUT2D eigenvalue weighted by Crippen LogP contribution is -2.22. The molecule has 0 aliphatic carbocycles. The topological polar surface area (TPSA) is 77.4 Å². The van der Waals surface area contributed by atoms with E-state index in [0.717, 1.165) is 24.7 Å². The smallest absolute Gasteiger partial charge is 0.243 e. The van der Waals surface area contributed by atoms with Gasteiger partial charge in [0.2, 0.25) is 5.91 Å². The van der Waals surface area contributed by atoms with E-state index < -0.39 is 0 Å². The van der Waals surface area contributed by atoms with E-state index in [1.54, 1.807) is 12.1 Å². The number of hydrogen-bond acceptors (Lipinski definition) is 5. The number of anilines is 3. The maximum Gasteiger partial charge on any atom is 0.243 e. The van der Waals surface area contributed by atoms with Crippen molar-refractivity contribution in [1.82, 2.24) is 0 Å². The first-order chi connectivity index (χ1) is 15.0. The molecule has 164 valence electrons. The molecule has 1 aliphatic rings. The monoisotopic (exact) mass is 420 g/mol. The maximum atomic E-state index is 12.3. The molecule has 1 amide bonds. The molecule has 1 heterocycles. The van der Waals surface area contributed by atoms with Crippen LogP contribution in [0.2, 0.25) is 0 Å². The van der Waals surface area contributed by atoms with E-state index in [2.05, 4.69) is 54.5 Å². The van der Waals surface area contributed by atoms with Gasteiger partial charge in [-0.15, -0.1) is 0 Å². The number of ether oxygens (including phenoxy) is 1. The van der Waals surface area contributed by atoms with Gasteiger partial charge >= 0.3 is 0 Å². The molecule has 1 unspecified atom stereocenters. The Kier molecular flexibility index (Phi) is 7.77. The molecule has 3 rings (SSSR count). The molecular formula is C25H32N4O2. The van der Waals surface area contributed by atoms with Crippen molar-refractivity contribution >= 4 is 23.0 Å². The Morgan fingerprint density at radius 3 is 2.61 bits per heavy atom. The fraction of sp³-hybridized carbons (Fsp3) is 0.440. The predicted molar refractivity (Wildman–Crippen MR) is 126 cm³/mol. The number of carbonyl (C=O) groups is 1. The summed E-state index contributed by atoms with van der Waals surface area (Å²) in [4.78, 5) is 14.7. The number of rotatable bonds is 9. The minimum atomic E-state index is -0.140. The van der Waals surface area contributed by atoms with Crippen molar-refractivity contribution in [2.24, 2.45) is 11.8 Å². The van der Waals surface area contributed by atoms with Gasteiger partial charge in [-0.1, -0.05) is 27.2 Å². The average Bonchev–Trinajstić information content (AvgIpc) is 3.26. The second-order valence-electron chi connectivity index (χ2n) is 8.49. The third-order valence-electron chi connectivity index (χ3n) is 5.50. The van der Waals surface area contributed by atoms with Gasteiger partial charge < -0.3 is 20.3 Å². The van der Waals surface area contributed by atoms with Crippen LogP contribution >= 0.6 is 0 Å². The SMILES string of the molecule is CCC1CCN(c2ccc(NC(=O)CNc3ccc(OCC(C)C)c(C#N)c3)cc2)C1. The zero-order valence-corrected chi connectivity index (χ0v) is 18.6. The van der Waals surface area contributed by atoms with Crippen molar-refractivity contribution in [2.45, 2.75) is 33.6 Å². The van der Waals surface area contributed by atoms with Crippen molar-refractivity contribution < 1.29 is 9.53 Å². The average molecular weight is 421 g/mol. The van der Waals surface area contributed by atoms with Crippen molar-refractivity contribution in [2.75, 3.05) is 41.8 Å². The summed E-state index contributed by atoms with van der Waals surface area (Å²) in [6, 6.07) is 15.5. The molecule has 0 saturated carbocycles. The quantitative estimate of drug-likeness (QED) is 0.605. The van der Waals surface area contributed by atoms with Crippen molar-refractivity contribution in [3.63, 3.8) is 0 Å². The molecule has 2 aromatic rings. The van der Waals surface area contributed by atoms with E-state index in [9.17, 15) is 10.1 Å². The third kappa shape index (κ3) is 6.39. The highest BCUT2D eigenvalue weighted by atomic mass is 16.5. The van der Waals surface area contributed by atoms with E-state index in [1.807, 2.05) is 18.2 Å². The van der Waals surface area contributed by atoms with E-state index >= 15 is 0 Å². The van der Waals surface area contributed by atoms with Gasteiger partial charge in [-0.25, -0.2) is 0 Å². The van der Waals surface area contributed by atoms with Gasteiger partial charge in [0, 0.05) is 30.2 Å². The molecule has 2 aromatic carbocycles. The largest absolute Gasteiger partial charge is 0.492 e. The van der Waals surface area contributed by atoms with Crippen LogP contribution in [0.15, 0.2) is 42.5 Å². The Hall–Kier alpha value is -3.20. The summed E-state index contributed by atoms with van der Waals surface area (Å²) >= 11 is 0. The summed E-state index contributed by atoms with van der Waals surface area (Å²) in [5.41, 5.74) is 3.14. The first-order valence-electron chi connectivity index (χ1n) is 11.0. The molecule has 1 aliphatic heterocycles. The van der Waals surface area contributed by atoms with Crippen LogP contribution < -0.4 is 20.3 Å². The molecule has 2 N–H and O–H groups in total. The highest BCUT2D eigenvalue weighted by Crippen LogP contribution is 2.26. The normalized spacial score (nSPS) is 15.6. The highest BCUT2D eigenvalue weighted by Gasteiger charge is 2.20. The summed E-state index contributed by atoms with van der Waals surface area (Å²) in [6.07, 6.45) is 2.47. The fourth-order valence-corrected chi connectivity index (χ4v) is 3.65. The zero-order valence-electron chi connectivity index (χ0n) is 18.6. The lowest BCUT2D eigenvalue weighted by atomic mass is 10.1. The molecule has 1 atom stereocenters.